The quantitative estimate of drug-likeness (QED) is 0.0115. The van der Waals surface area contributed by atoms with Crippen LogP contribution in [0.4, 0.5) is 17.6 Å². The van der Waals surface area contributed by atoms with Gasteiger partial charge in [0.2, 0.25) is 23.6 Å². The van der Waals surface area contributed by atoms with Gasteiger partial charge in [-0.1, -0.05) is 117 Å². The number of ether oxygens (including phenoxy) is 5. The Bertz CT molecular complexity index is 4980. The molecule has 29 heteroatoms. The molecule has 0 bridgehead atoms. The number of halogens is 6. The number of nitrogens with zero attached hydrogens (tertiary/aromatic N) is 4. The highest BCUT2D eigenvalue weighted by atomic mass is 35.5. The third kappa shape index (κ3) is 18.9. The van der Waals surface area contributed by atoms with Crippen LogP contribution in [0.3, 0.4) is 0 Å². The minimum atomic E-state index is -5.05. The van der Waals surface area contributed by atoms with Gasteiger partial charge in [-0.2, -0.15) is 13.2 Å². The molecule has 13 rings (SSSR count). The monoisotopic (exact) mass is 1570 g/mol. The number of nitrogens with one attached hydrogen (secondary N) is 4. The van der Waals surface area contributed by atoms with Crippen molar-refractivity contribution in [3.63, 3.8) is 0 Å². The lowest BCUT2D eigenvalue weighted by atomic mass is 9.91. The van der Waals surface area contributed by atoms with Crippen molar-refractivity contribution in [3.8, 4) is 17.2 Å². The van der Waals surface area contributed by atoms with Crippen LogP contribution in [0.15, 0.2) is 146 Å². The number of para-hydroxylation sites is 3. The molecule has 4 heterocycles. The second kappa shape index (κ2) is 34.8. The van der Waals surface area contributed by atoms with E-state index in [0.717, 1.165) is 78.5 Å². The number of pyridine rings is 3. The number of aromatic nitrogens is 3. The second-order valence-corrected chi connectivity index (χ2v) is 29.6. The summed E-state index contributed by atoms with van der Waals surface area (Å²) in [5.74, 6) is -7.10. The van der Waals surface area contributed by atoms with E-state index < -0.39 is 93.5 Å². The maximum atomic E-state index is 15.2. The van der Waals surface area contributed by atoms with Gasteiger partial charge in [0.1, 0.15) is 25.6 Å². The van der Waals surface area contributed by atoms with Gasteiger partial charge in [-0.3, -0.25) is 64.1 Å². The van der Waals surface area contributed by atoms with Crippen LogP contribution in [0.25, 0.3) is 32.7 Å². The van der Waals surface area contributed by atoms with Crippen LogP contribution in [0.1, 0.15) is 104 Å². The van der Waals surface area contributed by atoms with Crippen LogP contribution in [0.5, 0.6) is 17.2 Å². The van der Waals surface area contributed by atoms with E-state index in [1.807, 2.05) is 155 Å². The van der Waals surface area contributed by atoms with E-state index in [0.29, 0.717) is 58.7 Å². The third-order valence-electron chi connectivity index (χ3n) is 20.4. The number of esters is 2. The molecule has 3 aliphatic carbocycles. The molecule has 7 N–H and O–H groups in total. The fourth-order valence-electron chi connectivity index (χ4n) is 14.5. The molecule has 584 valence electrons. The number of rotatable bonds is 26. The summed E-state index contributed by atoms with van der Waals surface area (Å²) in [7, 11) is 0. The van der Waals surface area contributed by atoms with Crippen LogP contribution >= 0.6 is 23.2 Å². The summed E-state index contributed by atoms with van der Waals surface area (Å²) in [6, 6.07) is 43.5. The van der Waals surface area contributed by atoms with Gasteiger partial charge < -0.3 is 33.9 Å². The van der Waals surface area contributed by atoms with E-state index in [2.05, 4.69) is 15.0 Å². The lowest BCUT2D eigenvalue weighted by Crippen LogP contribution is -2.46. The third-order valence-corrected chi connectivity index (χ3v) is 21.0. The summed E-state index contributed by atoms with van der Waals surface area (Å²) in [4.78, 5) is 102. The number of hydrogen-bond acceptors (Lipinski definition) is 18. The molecule has 111 heavy (non-hydrogen) atoms. The van der Waals surface area contributed by atoms with Crippen molar-refractivity contribution in [1.82, 2.24) is 41.6 Å². The maximum absolute atomic E-state index is 15.2. The van der Waals surface area contributed by atoms with Gasteiger partial charge in [0.25, 0.3) is 0 Å². The van der Waals surface area contributed by atoms with E-state index in [-0.39, 0.29) is 76.7 Å². The van der Waals surface area contributed by atoms with E-state index in [9.17, 15) is 51.9 Å². The summed E-state index contributed by atoms with van der Waals surface area (Å²) in [5, 5.41) is 32.6. The van der Waals surface area contributed by atoms with Crippen molar-refractivity contribution in [2.24, 2.45) is 39.9 Å². The number of fused-ring (bicyclic) bond motifs is 3. The van der Waals surface area contributed by atoms with Gasteiger partial charge in [0, 0.05) is 69.1 Å². The van der Waals surface area contributed by atoms with Crippen molar-refractivity contribution in [2.45, 2.75) is 125 Å². The van der Waals surface area contributed by atoms with Crippen molar-refractivity contribution in [3.05, 3.63) is 212 Å². The van der Waals surface area contributed by atoms with Gasteiger partial charge in [-0.05, 0) is 168 Å². The Morgan fingerprint density at radius 2 is 1.05 bits per heavy atom. The average Bonchev–Trinajstić information content (AvgIpc) is 1.57. The van der Waals surface area contributed by atoms with Gasteiger partial charge in [-0.25, -0.2) is 20.8 Å². The summed E-state index contributed by atoms with van der Waals surface area (Å²) < 4.78 is 81.7. The Morgan fingerprint density at radius 3 is 1.56 bits per heavy atom. The molecule has 1 aliphatic heterocycles. The zero-order valence-corrected chi connectivity index (χ0v) is 63.2. The Labute approximate surface area is 646 Å². The predicted octanol–water partition coefficient (Wildman–Crippen LogP) is 13.3. The Morgan fingerprint density at radius 1 is 0.577 bits per heavy atom. The Hall–Kier alpha value is -10.6. The lowest BCUT2D eigenvalue weighted by molar-refractivity contribution is -0.174. The first-order chi connectivity index (χ1) is 53.0. The van der Waals surface area contributed by atoms with Gasteiger partial charge in [0.15, 0.2) is 17.3 Å². The highest BCUT2D eigenvalue weighted by Gasteiger charge is 2.67. The van der Waals surface area contributed by atoms with Crippen LogP contribution in [0, 0.1) is 59.6 Å². The van der Waals surface area contributed by atoms with Crippen molar-refractivity contribution < 1.29 is 90.4 Å². The smallest absolute Gasteiger partial charge is 0.471 e. The normalized spacial score (nSPS) is 20.0. The van der Waals surface area contributed by atoms with E-state index in [1.165, 1.54) is 17.0 Å². The molecule has 23 nitrogen and oxygen atoms in total. The van der Waals surface area contributed by atoms with Gasteiger partial charge >= 0.3 is 24.0 Å². The summed E-state index contributed by atoms with van der Waals surface area (Å²) in [6.45, 7) is 12.6. The first-order valence-electron chi connectivity index (χ1n) is 36.2. The zero-order valence-electron chi connectivity index (χ0n) is 61.6. The molecule has 3 aromatic heterocycles. The molecule has 6 aromatic carbocycles. The van der Waals surface area contributed by atoms with E-state index >= 15 is 4.39 Å². The minimum Gasteiger partial charge on any atom is -0.489 e. The molecule has 0 radical (unpaired) electrons. The summed E-state index contributed by atoms with van der Waals surface area (Å²) in [5.41, 5.74) is 11.7. The molecule has 3 saturated carbocycles. The molecule has 1 saturated heterocycles. The van der Waals surface area contributed by atoms with Crippen LogP contribution in [-0.2, 0) is 88.5 Å². The Kier molecular flexibility index (Phi) is 25.5. The molecule has 4 aliphatic rings. The minimum absolute atomic E-state index is 0.00805. The topological polar surface area (TPSA) is 316 Å². The predicted molar refractivity (Wildman–Crippen MR) is 401 cm³/mol. The molecule has 0 spiro atoms. The van der Waals surface area contributed by atoms with Crippen molar-refractivity contribution >= 4 is 97.4 Å². The van der Waals surface area contributed by atoms with Crippen molar-refractivity contribution in [1.29, 1.82) is 0 Å². The number of carbonyl (C=O) groups excluding carboxylic acids is 7. The van der Waals surface area contributed by atoms with Crippen molar-refractivity contribution in [2.75, 3.05) is 26.3 Å². The first-order valence-corrected chi connectivity index (χ1v) is 37.0. The molecule has 4 fully saturated rings. The standard InChI is InChI=1S/C30H30F4N4O5.C27H30N2O5.C25H24Cl2N2O5/c1-2-19-12-18(21-5-3-4-6-24(21)35-19)16-43-25-8-7-17(11-23(25)31)13-29(14-22(29)26(39)37-42)28(41)38-10-9-20(15-38)36-27(40)30(32,33)34;1-17(2)15-34-26(31)27(14-23(27)25(30)29-32)13-19-8-10-21(11-9-19)33-16-20-12-18(3)28-24-7-5-4-6-22(20)24;1-3-33-24(31)25(12-18(25)23(30)29-32)11-15-9-19(26)22(20(27)10-15)34-13-16-8-14(2)28-21-7-5-4-6-17(16)21/h3-8,11-12,20,22,42H,2,9-10,13-16H2,1H3,(H,36,40)(H,37,39);4-12,17,23,32H,13-16H2,1-3H3,(H,29,30);4-10,18,32H,3,11-13H2,1-2H3,(H,29,30)/t20-,22-,29+;23-,27+;18-,25+/m111/s1. The molecule has 9 aromatic rings. The molecular weight excluding hydrogens is 1480 g/mol. The molecule has 7 atom stereocenters. The SMILES string of the molecule is CCOC(=O)[C@@]1(Cc2cc(Cl)c(OCc3cc(C)nc4ccccc34)c(Cl)c2)C[C@@H]1C(=O)NO.CCc1cc(COc2ccc(C[C@]3(C(=O)N4CC[C@@H](NC(=O)C(F)(F)F)C4)C[C@@H]3C(=O)NO)cc2F)c2ccccc2n1.Cc1cc(COc2ccc(C[C@]3(C(=O)OCC(C)C)C[C@@H]3C(=O)NO)cc2)c2ccccc2n1. The lowest BCUT2D eigenvalue weighted by Gasteiger charge is -2.25. The number of alkyl halides is 3. The highest BCUT2D eigenvalue weighted by molar-refractivity contribution is 6.37. The number of benzene rings is 6. The Balaban J connectivity index is 0.000000167. The number of aryl methyl sites for hydroxylation is 3. The highest BCUT2D eigenvalue weighted by Crippen LogP contribution is 2.59. The largest absolute Gasteiger partial charge is 0.489 e. The molecular formula is C82H84Cl2F4N8O15. The number of likely N-dealkylation sites (tertiary alicyclic amines) is 1. The number of hydroxylamine groups is 3. The number of hydrogen-bond donors (Lipinski definition) is 7. The number of amides is 5. The van der Waals surface area contributed by atoms with Crippen LogP contribution < -0.4 is 36.0 Å². The van der Waals surface area contributed by atoms with Gasteiger partial charge in [0.05, 0.1) is 73.8 Å². The zero-order chi connectivity index (χ0) is 79.7. The van der Waals surface area contributed by atoms with Crippen LogP contribution in [-0.4, -0.2) is 115 Å². The van der Waals surface area contributed by atoms with Crippen LogP contribution in [0.2, 0.25) is 10.0 Å². The fourth-order valence-corrected chi connectivity index (χ4v) is 15.1. The summed E-state index contributed by atoms with van der Waals surface area (Å²) in [6.07, 6.45) is -3.05. The maximum Gasteiger partial charge on any atom is 0.471 e. The molecule has 5 amide bonds. The first kappa shape index (κ1) is 81.4. The average molecular weight is 1570 g/mol. The fraction of sp³-hybridized carbons (Fsp3) is 0.366. The van der Waals surface area contributed by atoms with E-state index in [4.69, 9.17) is 57.3 Å². The molecule has 0 unspecified atom stereocenters. The second-order valence-electron chi connectivity index (χ2n) is 28.8. The number of carbonyl (C=O) groups is 7. The van der Waals surface area contributed by atoms with Gasteiger partial charge in [-0.15, -0.1) is 0 Å². The van der Waals surface area contributed by atoms with E-state index in [1.54, 1.807) is 41.6 Å². The summed E-state index contributed by atoms with van der Waals surface area (Å²) >= 11 is 13.0.